The van der Waals surface area contributed by atoms with Gasteiger partial charge in [0.2, 0.25) is 0 Å². The van der Waals surface area contributed by atoms with Crippen LogP contribution in [0.15, 0.2) is 42.5 Å². The van der Waals surface area contributed by atoms with Gasteiger partial charge in [0.15, 0.2) is 6.61 Å². The van der Waals surface area contributed by atoms with E-state index in [2.05, 4.69) is 10.9 Å². The molecule has 2 rings (SSSR count). The molecule has 0 aromatic heterocycles. The van der Waals surface area contributed by atoms with Gasteiger partial charge in [0.1, 0.15) is 11.4 Å². The fourth-order valence-corrected chi connectivity index (χ4v) is 2.06. The number of nitrogens with one attached hydrogen (secondary N) is 2. The molecule has 8 heteroatoms. The number of carbonyl (C=O) groups is 1. The van der Waals surface area contributed by atoms with Crippen molar-refractivity contribution < 1.29 is 14.5 Å². The predicted molar refractivity (Wildman–Crippen MR) is 86.5 cm³/mol. The summed E-state index contributed by atoms with van der Waals surface area (Å²) in [4.78, 5) is 22.1. The van der Waals surface area contributed by atoms with Gasteiger partial charge in [-0.2, -0.15) is 0 Å². The number of benzene rings is 2. The third kappa shape index (κ3) is 4.58. The first kappa shape index (κ1) is 16.6. The average molecular weight is 336 g/mol. The molecule has 0 radical (unpaired) electrons. The van der Waals surface area contributed by atoms with Crippen LogP contribution in [0.5, 0.6) is 5.75 Å². The lowest BCUT2D eigenvalue weighted by atomic mass is 10.2. The molecule has 7 nitrogen and oxygen atoms in total. The number of hydrazine groups is 1. The summed E-state index contributed by atoms with van der Waals surface area (Å²) < 4.78 is 5.38. The van der Waals surface area contributed by atoms with Crippen LogP contribution in [-0.4, -0.2) is 17.4 Å². The smallest absolute Gasteiger partial charge is 0.294 e. The summed E-state index contributed by atoms with van der Waals surface area (Å²) in [6, 6.07) is 11.0. The van der Waals surface area contributed by atoms with E-state index in [9.17, 15) is 14.9 Å². The molecule has 0 atom stereocenters. The minimum absolute atomic E-state index is 0.137. The number of ether oxygens (including phenoxy) is 1. The quantitative estimate of drug-likeness (QED) is 0.625. The topological polar surface area (TPSA) is 93.5 Å². The average Bonchev–Trinajstić information content (AvgIpc) is 2.52. The highest BCUT2D eigenvalue weighted by Gasteiger charge is 2.13. The van der Waals surface area contributed by atoms with Gasteiger partial charge in [0.25, 0.3) is 11.6 Å². The molecule has 0 heterocycles. The molecule has 0 aliphatic carbocycles. The number of amides is 1. The van der Waals surface area contributed by atoms with Crippen molar-refractivity contribution in [3.8, 4) is 5.75 Å². The second-order valence-corrected chi connectivity index (χ2v) is 5.08. The predicted octanol–water partition coefficient (Wildman–Crippen LogP) is 3.08. The summed E-state index contributed by atoms with van der Waals surface area (Å²) in [5, 5.41) is 11.4. The lowest BCUT2D eigenvalue weighted by Crippen LogP contribution is -2.33. The highest BCUT2D eigenvalue weighted by Crippen LogP contribution is 2.23. The van der Waals surface area contributed by atoms with Crippen molar-refractivity contribution in [1.29, 1.82) is 0 Å². The second-order valence-electron chi connectivity index (χ2n) is 4.65. The minimum atomic E-state index is -0.540. The molecule has 0 bridgehead atoms. The molecule has 2 aromatic rings. The van der Waals surface area contributed by atoms with Crippen LogP contribution in [0.2, 0.25) is 5.02 Å². The van der Waals surface area contributed by atoms with Gasteiger partial charge in [-0.25, -0.2) is 0 Å². The summed E-state index contributed by atoms with van der Waals surface area (Å²) in [5.41, 5.74) is 5.72. The van der Waals surface area contributed by atoms with E-state index in [0.29, 0.717) is 10.8 Å². The number of rotatable bonds is 6. The van der Waals surface area contributed by atoms with Crippen molar-refractivity contribution in [3.63, 3.8) is 0 Å². The van der Waals surface area contributed by atoms with E-state index in [4.69, 9.17) is 16.3 Å². The van der Waals surface area contributed by atoms with Crippen LogP contribution in [0.3, 0.4) is 0 Å². The van der Waals surface area contributed by atoms with E-state index >= 15 is 0 Å². The summed E-state index contributed by atoms with van der Waals surface area (Å²) in [6.45, 7) is 1.57. The standard InChI is InChI=1S/C15H14ClN3O4/c1-10-8-11(16)6-7-14(10)23-9-15(20)18-17-12-4-2-3-5-13(12)19(21)22/h2-8,17H,9H2,1H3,(H,18,20). The van der Waals surface area contributed by atoms with Crippen LogP contribution >= 0.6 is 11.6 Å². The SMILES string of the molecule is Cc1cc(Cl)ccc1OCC(=O)NNc1ccccc1[N+](=O)[O-]. The summed E-state index contributed by atoms with van der Waals surface area (Å²) in [7, 11) is 0. The molecule has 2 N–H and O–H groups in total. The molecule has 120 valence electrons. The van der Waals surface area contributed by atoms with Crippen molar-refractivity contribution in [2.45, 2.75) is 6.92 Å². The molecule has 0 spiro atoms. The Morgan fingerprint density at radius 2 is 2.04 bits per heavy atom. The van der Waals surface area contributed by atoms with Gasteiger partial charge >= 0.3 is 0 Å². The third-order valence-corrected chi connectivity index (χ3v) is 3.17. The number of para-hydroxylation sites is 2. The van der Waals surface area contributed by atoms with E-state index in [1.165, 1.54) is 18.2 Å². The van der Waals surface area contributed by atoms with Crippen molar-refractivity contribution in [2.24, 2.45) is 0 Å². The number of aryl methyl sites for hydroxylation is 1. The zero-order chi connectivity index (χ0) is 16.8. The van der Waals surface area contributed by atoms with Crippen LogP contribution in [0.4, 0.5) is 11.4 Å². The van der Waals surface area contributed by atoms with Crippen molar-refractivity contribution in [1.82, 2.24) is 5.43 Å². The summed E-state index contributed by atoms with van der Waals surface area (Å²) in [5.74, 6) is 0.0627. The normalized spacial score (nSPS) is 10.0. The van der Waals surface area contributed by atoms with E-state index < -0.39 is 10.8 Å². The zero-order valence-electron chi connectivity index (χ0n) is 12.2. The molecule has 1 amide bonds. The van der Waals surface area contributed by atoms with Crippen LogP contribution in [0.25, 0.3) is 0 Å². The summed E-state index contributed by atoms with van der Waals surface area (Å²) in [6.07, 6.45) is 0. The Kier molecular flexibility index (Phi) is 5.37. The Hall–Kier alpha value is -2.80. The molecule has 0 fully saturated rings. The van der Waals surface area contributed by atoms with Gasteiger partial charge < -0.3 is 4.74 Å². The maximum absolute atomic E-state index is 11.8. The van der Waals surface area contributed by atoms with E-state index in [1.54, 1.807) is 24.3 Å². The van der Waals surface area contributed by atoms with Crippen LogP contribution in [0.1, 0.15) is 5.56 Å². The molecular weight excluding hydrogens is 322 g/mol. The third-order valence-electron chi connectivity index (χ3n) is 2.93. The Balaban J connectivity index is 1.90. The number of hydrogen-bond acceptors (Lipinski definition) is 5. The number of hydrogen-bond donors (Lipinski definition) is 2. The summed E-state index contributed by atoms with van der Waals surface area (Å²) >= 11 is 5.84. The van der Waals surface area contributed by atoms with E-state index in [-0.39, 0.29) is 18.0 Å². The maximum Gasteiger partial charge on any atom is 0.294 e. The van der Waals surface area contributed by atoms with Crippen LogP contribution in [0, 0.1) is 17.0 Å². The van der Waals surface area contributed by atoms with Gasteiger partial charge in [0.05, 0.1) is 4.92 Å². The number of halogens is 1. The van der Waals surface area contributed by atoms with Crippen LogP contribution < -0.4 is 15.6 Å². The lowest BCUT2D eigenvalue weighted by molar-refractivity contribution is -0.384. The fraction of sp³-hybridized carbons (Fsp3) is 0.133. The number of nitro groups is 1. The van der Waals surface area contributed by atoms with Crippen molar-refractivity contribution in [2.75, 3.05) is 12.0 Å². The van der Waals surface area contributed by atoms with E-state index in [0.717, 1.165) is 5.56 Å². The van der Waals surface area contributed by atoms with E-state index in [1.807, 2.05) is 6.92 Å². The number of nitro benzene ring substituents is 1. The number of carbonyl (C=O) groups excluding carboxylic acids is 1. The lowest BCUT2D eigenvalue weighted by Gasteiger charge is -2.11. The Labute approximate surface area is 137 Å². The first-order valence-corrected chi connectivity index (χ1v) is 7.02. The molecule has 0 saturated carbocycles. The molecule has 0 aliphatic rings. The Morgan fingerprint density at radius 3 is 2.74 bits per heavy atom. The highest BCUT2D eigenvalue weighted by molar-refractivity contribution is 6.30. The molecular formula is C15H14ClN3O4. The van der Waals surface area contributed by atoms with Crippen molar-refractivity contribution >= 4 is 28.9 Å². The first-order valence-electron chi connectivity index (χ1n) is 6.64. The second kappa shape index (κ2) is 7.46. The van der Waals surface area contributed by atoms with Gasteiger partial charge in [-0.1, -0.05) is 23.7 Å². The Morgan fingerprint density at radius 1 is 1.30 bits per heavy atom. The first-order chi connectivity index (χ1) is 11.0. The minimum Gasteiger partial charge on any atom is -0.483 e. The molecule has 2 aromatic carbocycles. The maximum atomic E-state index is 11.8. The van der Waals surface area contributed by atoms with Crippen molar-refractivity contribution in [3.05, 3.63) is 63.2 Å². The van der Waals surface area contributed by atoms with Gasteiger partial charge in [0, 0.05) is 11.1 Å². The molecule has 0 unspecified atom stereocenters. The van der Waals surface area contributed by atoms with Gasteiger partial charge in [-0.05, 0) is 36.8 Å². The largest absolute Gasteiger partial charge is 0.483 e. The zero-order valence-corrected chi connectivity index (χ0v) is 13.0. The monoisotopic (exact) mass is 335 g/mol. The molecule has 0 saturated heterocycles. The highest BCUT2D eigenvalue weighted by atomic mass is 35.5. The van der Waals surface area contributed by atoms with Gasteiger partial charge in [-0.15, -0.1) is 0 Å². The number of nitrogens with zero attached hydrogens (tertiary/aromatic N) is 1. The van der Waals surface area contributed by atoms with Gasteiger partial charge in [-0.3, -0.25) is 25.8 Å². The number of anilines is 1. The Bertz CT molecular complexity index is 736. The molecule has 23 heavy (non-hydrogen) atoms. The molecule has 0 aliphatic heterocycles. The fourth-order valence-electron chi connectivity index (χ4n) is 1.83. The van der Waals surface area contributed by atoms with Crippen LogP contribution in [-0.2, 0) is 4.79 Å².